The molecule has 0 atom stereocenters. The number of nitrogens with one attached hydrogen (secondary N) is 1. The number of rotatable bonds is 7. The Morgan fingerprint density at radius 2 is 2.14 bits per heavy atom. The fraction of sp³-hybridized carbons (Fsp3) is 0.333. The van der Waals surface area contributed by atoms with E-state index in [9.17, 15) is 9.90 Å². The molecular formula is C15H18N2O4. The van der Waals surface area contributed by atoms with Crippen LogP contribution in [0.4, 0.5) is 0 Å². The van der Waals surface area contributed by atoms with Gasteiger partial charge in [0.25, 0.3) is 0 Å². The summed E-state index contributed by atoms with van der Waals surface area (Å²) in [5.74, 6) is -0.457. The Labute approximate surface area is 123 Å². The number of methoxy groups -OCH3 is 1. The molecule has 0 saturated carbocycles. The average Bonchev–Trinajstić information content (AvgIpc) is 2.44. The zero-order valence-electron chi connectivity index (χ0n) is 12.3. The van der Waals surface area contributed by atoms with Crippen LogP contribution >= 0.6 is 0 Å². The SMILES string of the molecule is COc1cc(/C=C(\C#N)C(=O)[O-])ccc1OCC[NH+](C)C. The zero-order chi connectivity index (χ0) is 15.8. The van der Waals surface area contributed by atoms with Gasteiger partial charge in [-0.05, 0) is 23.8 Å². The minimum absolute atomic E-state index is 0.443. The summed E-state index contributed by atoms with van der Waals surface area (Å²) in [4.78, 5) is 12.0. The molecule has 6 nitrogen and oxygen atoms in total. The highest BCUT2D eigenvalue weighted by Crippen LogP contribution is 2.28. The third-order valence-corrected chi connectivity index (χ3v) is 2.70. The molecule has 0 aliphatic rings. The molecule has 0 fully saturated rings. The van der Waals surface area contributed by atoms with Gasteiger partial charge in [0.15, 0.2) is 11.5 Å². The van der Waals surface area contributed by atoms with Gasteiger partial charge in [-0.3, -0.25) is 0 Å². The Bertz CT molecular complexity index is 574. The Morgan fingerprint density at radius 1 is 1.43 bits per heavy atom. The van der Waals surface area contributed by atoms with E-state index in [0.717, 1.165) is 6.54 Å². The van der Waals surface area contributed by atoms with E-state index in [-0.39, 0.29) is 0 Å². The summed E-state index contributed by atoms with van der Waals surface area (Å²) < 4.78 is 10.8. The van der Waals surface area contributed by atoms with Gasteiger partial charge in [-0.25, -0.2) is 0 Å². The van der Waals surface area contributed by atoms with Crippen molar-refractivity contribution in [3.8, 4) is 17.6 Å². The number of hydrogen-bond acceptors (Lipinski definition) is 5. The van der Waals surface area contributed by atoms with Crippen LogP contribution in [0.25, 0.3) is 6.08 Å². The van der Waals surface area contributed by atoms with Gasteiger partial charge < -0.3 is 24.3 Å². The quantitative estimate of drug-likeness (QED) is 0.507. The number of ether oxygens (including phenoxy) is 2. The number of carbonyl (C=O) groups is 1. The zero-order valence-corrected chi connectivity index (χ0v) is 12.3. The van der Waals surface area contributed by atoms with Crippen molar-refractivity contribution in [3.63, 3.8) is 0 Å². The number of likely N-dealkylation sites (N-methyl/N-ethyl adjacent to an activating group) is 1. The molecule has 0 bridgehead atoms. The van der Waals surface area contributed by atoms with Gasteiger partial charge in [-0.2, -0.15) is 5.26 Å². The predicted molar refractivity (Wildman–Crippen MR) is 74.8 cm³/mol. The highest BCUT2D eigenvalue weighted by molar-refractivity contribution is 5.95. The fourth-order valence-corrected chi connectivity index (χ4v) is 1.56. The second-order valence-corrected chi connectivity index (χ2v) is 4.67. The smallest absolute Gasteiger partial charge is 0.161 e. The van der Waals surface area contributed by atoms with Crippen LogP contribution in [0.2, 0.25) is 0 Å². The van der Waals surface area contributed by atoms with Crippen LogP contribution < -0.4 is 19.5 Å². The molecule has 1 rings (SSSR count). The van der Waals surface area contributed by atoms with Crippen molar-refractivity contribution in [2.24, 2.45) is 0 Å². The van der Waals surface area contributed by atoms with Crippen LogP contribution in [0, 0.1) is 11.3 Å². The van der Waals surface area contributed by atoms with Crippen LogP contribution in [0.1, 0.15) is 5.56 Å². The largest absolute Gasteiger partial charge is 0.544 e. The number of carbonyl (C=O) groups excluding carboxylic acids is 1. The number of carboxylic acid groups (broad SMARTS) is 1. The minimum Gasteiger partial charge on any atom is -0.544 e. The van der Waals surface area contributed by atoms with Crippen molar-refractivity contribution >= 4 is 12.0 Å². The summed E-state index contributed by atoms with van der Waals surface area (Å²) in [6.45, 7) is 1.38. The molecule has 112 valence electrons. The number of benzene rings is 1. The Hall–Kier alpha value is -2.52. The molecule has 0 spiro atoms. The van der Waals surface area contributed by atoms with Crippen LogP contribution in [-0.4, -0.2) is 40.3 Å². The van der Waals surface area contributed by atoms with E-state index in [1.807, 2.05) is 14.1 Å². The molecule has 1 aromatic rings. The van der Waals surface area contributed by atoms with E-state index >= 15 is 0 Å². The van der Waals surface area contributed by atoms with E-state index in [0.29, 0.717) is 23.7 Å². The van der Waals surface area contributed by atoms with Crippen molar-refractivity contribution in [1.29, 1.82) is 5.26 Å². The maximum Gasteiger partial charge on any atom is 0.161 e. The van der Waals surface area contributed by atoms with Crippen molar-refractivity contribution in [2.45, 2.75) is 0 Å². The topological polar surface area (TPSA) is 86.8 Å². The van der Waals surface area contributed by atoms with Gasteiger partial charge in [0, 0.05) is 0 Å². The first-order valence-electron chi connectivity index (χ1n) is 6.41. The summed E-state index contributed by atoms with van der Waals surface area (Å²) in [5.41, 5.74) is 0.0834. The highest BCUT2D eigenvalue weighted by Gasteiger charge is 2.07. The molecule has 0 amide bonds. The highest BCUT2D eigenvalue weighted by atomic mass is 16.5. The molecule has 21 heavy (non-hydrogen) atoms. The van der Waals surface area contributed by atoms with Crippen LogP contribution in [0.3, 0.4) is 0 Å². The molecule has 6 heteroatoms. The first-order chi connectivity index (χ1) is 9.97. The summed E-state index contributed by atoms with van der Waals surface area (Å²) in [5, 5.41) is 19.4. The normalized spacial score (nSPS) is 11.1. The summed E-state index contributed by atoms with van der Waals surface area (Å²) in [6, 6.07) is 6.52. The molecule has 1 aromatic carbocycles. The number of nitrogens with zero attached hydrogens (tertiary/aromatic N) is 1. The van der Waals surface area contributed by atoms with Gasteiger partial charge in [0.05, 0.1) is 32.7 Å². The lowest BCUT2D eigenvalue weighted by Gasteiger charge is -2.12. The third-order valence-electron chi connectivity index (χ3n) is 2.70. The van der Waals surface area contributed by atoms with Crippen molar-refractivity contribution in [3.05, 3.63) is 29.3 Å². The maximum atomic E-state index is 10.7. The molecule has 0 heterocycles. The Morgan fingerprint density at radius 3 is 2.67 bits per heavy atom. The van der Waals surface area contributed by atoms with E-state index < -0.39 is 11.5 Å². The Kier molecular flexibility index (Phi) is 6.24. The molecule has 0 aliphatic heterocycles. The second kappa shape index (κ2) is 7.92. The Balaban J connectivity index is 2.93. The van der Waals surface area contributed by atoms with Gasteiger partial charge in [-0.1, -0.05) is 6.07 Å². The van der Waals surface area contributed by atoms with E-state index in [1.54, 1.807) is 24.3 Å². The molecule has 0 unspecified atom stereocenters. The number of carboxylic acids is 1. The third kappa shape index (κ3) is 5.16. The predicted octanol–water partition coefficient (Wildman–Crippen LogP) is -1.12. The average molecular weight is 290 g/mol. The first kappa shape index (κ1) is 16.5. The van der Waals surface area contributed by atoms with E-state index in [1.165, 1.54) is 18.1 Å². The number of hydrogen-bond donors (Lipinski definition) is 1. The number of quaternary nitrogens is 1. The monoisotopic (exact) mass is 290 g/mol. The molecule has 0 aromatic heterocycles. The van der Waals surface area contributed by atoms with Crippen LogP contribution in [-0.2, 0) is 4.79 Å². The minimum atomic E-state index is -1.51. The molecule has 0 radical (unpaired) electrons. The molecular weight excluding hydrogens is 272 g/mol. The summed E-state index contributed by atoms with van der Waals surface area (Å²) >= 11 is 0. The second-order valence-electron chi connectivity index (χ2n) is 4.67. The van der Waals surface area contributed by atoms with Gasteiger partial charge in [0.1, 0.15) is 19.2 Å². The van der Waals surface area contributed by atoms with Crippen molar-refractivity contribution in [1.82, 2.24) is 0 Å². The maximum absolute atomic E-state index is 10.7. The summed E-state index contributed by atoms with van der Waals surface area (Å²) in [7, 11) is 5.55. The number of aliphatic carboxylic acids is 1. The van der Waals surface area contributed by atoms with Crippen molar-refractivity contribution in [2.75, 3.05) is 34.4 Å². The lowest BCUT2D eigenvalue weighted by Crippen LogP contribution is -3.06. The summed E-state index contributed by atoms with van der Waals surface area (Å²) in [6.07, 6.45) is 1.23. The van der Waals surface area contributed by atoms with E-state index in [2.05, 4.69) is 0 Å². The van der Waals surface area contributed by atoms with Gasteiger partial charge >= 0.3 is 0 Å². The van der Waals surface area contributed by atoms with Crippen molar-refractivity contribution < 1.29 is 24.3 Å². The van der Waals surface area contributed by atoms with Crippen LogP contribution in [0.15, 0.2) is 23.8 Å². The van der Waals surface area contributed by atoms with E-state index in [4.69, 9.17) is 14.7 Å². The molecule has 0 aliphatic carbocycles. The lowest BCUT2D eigenvalue weighted by molar-refractivity contribution is -0.858. The molecule has 0 saturated heterocycles. The lowest BCUT2D eigenvalue weighted by atomic mass is 10.1. The number of nitriles is 1. The standard InChI is InChI=1S/C15H18N2O4/c1-17(2)6-7-21-13-5-4-11(9-14(13)20-3)8-12(10-16)15(18)19/h4-5,8-9H,6-7H2,1-3H3,(H,18,19)/b12-8+. The fourth-order valence-electron chi connectivity index (χ4n) is 1.56. The molecule has 1 N–H and O–H groups in total. The van der Waals surface area contributed by atoms with Gasteiger partial charge in [0.2, 0.25) is 0 Å². The van der Waals surface area contributed by atoms with Gasteiger partial charge in [-0.15, -0.1) is 0 Å². The van der Waals surface area contributed by atoms with Crippen LogP contribution in [0.5, 0.6) is 11.5 Å². The first-order valence-corrected chi connectivity index (χ1v) is 6.41.